The van der Waals surface area contributed by atoms with E-state index in [1.54, 1.807) is 0 Å². The summed E-state index contributed by atoms with van der Waals surface area (Å²) in [4.78, 5) is 0. The molecule has 0 radical (unpaired) electrons. The van der Waals surface area contributed by atoms with Crippen LogP contribution in [-0.2, 0) is 6.42 Å². The Balaban J connectivity index is 2.00. The van der Waals surface area contributed by atoms with E-state index in [1.165, 1.54) is 5.56 Å². The van der Waals surface area contributed by atoms with Crippen LogP contribution in [0.15, 0.2) is 34.7 Å². The summed E-state index contributed by atoms with van der Waals surface area (Å²) in [6.45, 7) is 2.55. The molecule has 1 aromatic carbocycles. The van der Waals surface area contributed by atoms with Gasteiger partial charge in [0.2, 0.25) is 5.89 Å². The molecular formula is C12H16N4O. The van der Waals surface area contributed by atoms with Gasteiger partial charge in [0.25, 0.3) is 0 Å². The Morgan fingerprint density at radius 2 is 2.06 bits per heavy atom. The van der Waals surface area contributed by atoms with Gasteiger partial charge in [-0.3, -0.25) is 0 Å². The number of aromatic nitrogens is 2. The van der Waals surface area contributed by atoms with Gasteiger partial charge in [0.15, 0.2) is 0 Å². The molecule has 5 nitrogen and oxygen atoms in total. The van der Waals surface area contributed by atoms with Crippen LogP contribution in [0.2, 0.25) is 0 Å². The van der Waals surface area contributed by atoms with Crippen molar-refractivity contribution in [2.75, 3.05) is 11.9 Å². The number of rotatable bonds is 5. The average Bonchev–Trinajstić information content (AvgIpc) is 2.78. The van der Waals surface area contributed by atoms with E-state index >= 15 is 0 Å². The van der Waals surface area contributed by atoms with Gasteiger partial charge in [-0.1, -0.05) is 35.4 Å². The van der Waals surface area contributed by atoms with Gasteiger partial charge in [-0.2, -0.15) is 0 Å². The zero-order valence-corrected chi connectivity index (χ0v) is 9.76. The molecule has 2 aromatic rings. The third kappa shape index (κ3) is 3.04. The quantitative estimate of drug-likeness (QED) is 0.821. The lowest BCUT2D eigenvalue weighted by Crippen LogP contribution is -2.06. The molecule has 0 aliphatic rings. The summed E-state index contributed by atoms with van der Waals surface area (Å²) in [6.07, 6.45) is 0.606. The number of anilines is 1. The molecule has 5 heteroatoms. The SMILES string of the molecule is CC(Nc1nnc(CCN)o1)c1ccccc1. The van der Waals surface area contributed by atoms with Crippen LogP contribution in [0.1, 0.15) is 24.4 Å². The molecule has 0 saturated heterocycles. The standard InChI is InChI=1S/C12H16N4O/c1-9(10-5-3-2-4-6-10)14-12-16-15-11(17-12)7-8-13/h2-6,9H,7-8,13H2,1H3,(H,14,16). The number of hydrogen-bond donors (Lipinski definition) is 2. The minimum atomic E-state index is 0.127. The normalized spacial score (nSPS) is 12.4. The fourth-order valence-electron chi connectivity index (χ4n) is 1.55. The van der Waals surface area contributed by atoms with E-state index in [2.05, 4.69) is 27.6 Å². The number of nitrogens with two attached hydrogens (primary N) is 1. The maximum atomic E-state index is 5.41. The van der Waals surface area contributed by atoms with Crippen LogP contribution in [0.25, 0.3) is 0 Å². The van der Waals surface area contributed by atoms with E-state index in [4.69, 9.17) is 10.2 Å². The molecule has 1 unspecified atom stereocenters. The molecule has 0 aliphatic carbocycles. The summed E-state index contributed by atoms with van der Waals surface area (Å²) in [6, 6.07) is 10.7. The van der Waals surface area contributed by atoms with Gasteiger partial charge in [-0.15, -0.1) is 5.10 Å². The van der Waals surface area contributed by atoms with Crippen LogP contribution in [-0.4, -0.2) is 16.7 Å². The predicted octanol–water partition coefficient (Wildman–Crippen LogP) is 1.74. The first kappa shape index (κ1) is 11.6. The number of benzene rings is 1. The Kier molecular flexibility index (Phi) is 3.72. The zero-order chi connectivity index (χ0) is 12.1. The van der Waals surface area contributed by atoms with Crippen LogP contribution >= 0.6 is 0 Å². The molecule has 0 fully saturated rings. The highest BCUT2D eigenvalue weighted by Crippen LogP contribution is 2.17. The fourth-order valence-corrected chi connectivity index (χ4v) is 1.55. The minimum Gasteiger partial charge on any atom is -0.408 e. The van der Waals surface area contributed by atoms with E-state index in [9.17, 15) is 0 Å². The third-order valence-corrected chi connectivity index (χ3v) is 2.46. The second-order valence-corrected chi connectivity index (χ2v) is 3.82. The van der Waals surface area contributed by atoms with Crippen molar-refractivity contribution in [1.29, 1.82) is 0 Å². The van der Waals surface area contributed by atoms with Crippen LogP contribution < -0.4 is 11.1 Å². The van der Waals surface area contributed by atoms with Crippen LogP contribution in [0.5, 0.6) is 0 Å². The van der Waals surface area contributed by atoms with Crippen LogP contribution in [0.4, 0.5) is 6.01 Å². The first-order valence-electron chi connectivity index (χ1n) is 5.63. The van der Waals surface area contributed by atoms with Crippen molar-refractivity contribution in [3.63, 3.8) is 0 Å². The summed E-state index contributed by atoms with van der Waals surface area (Å²) in [5, 5.41) is 11.0. The lowest BCUT2D eigenvalue weighted by atomic mass is 10.1. The average molecular weight is 232 g/mol. The monoisotopic (exact) mass is 232 g/mol. The first-order valence-corrected chi connectivity index (χ1v) is 5.63. The second-order valence-electron chi connectivity index (χ2n) is 3.82. The summed E-state index contributed by atoms with van der Waals surface area (Å²) >= 11 is 0. The molecule has 0 amide bonds. The molecule has 0 saturated carbocycles. The summed E-state index contributed by atoms with van der Waals surface area (Å²) in [5.74, 6) is 0.565. The van der Waals surface area contributed by atoms with Gasteiger partial charge in [0.1, 0.15) is 0 Å². The smallest absolute Gasteiger partial charge is 0.315 e. The van der Waals surface area contributed by atoms with E-state index < -0.39 is 0 Å². The van der Waals surface area contributed by atoms with E-state index in [1.807, 2.05) is 25.1 Å². The number of nitrogens with zero attached hydrogens (tertiary/aromatic N) is 2. The van der Waals surface area contributed by atoms with Gasteiger partial charge in [-0.05, 0) is 12.5 Å². The third-order valence-electron chi connectivity index (χ3n) is 2.46. The molecule has 2 rings (SSSR count). The molecular weight excluding hydrogens is 216 g/mol. The van der Waals surface area contributed by atoms with Crippen molar-refractivity contribution in [1.82, 2.24) is 10.2 Å². The molecule has 17 heavy (non-hydrogen) atoms. The maximum Gasteiger partial charge on any atom is 0.315 e. The van der Waals surface area contributed by atoms with Crippen LogP contribution in [0.3, 0.4) is 0 Å². The Labute approximate surface area is 100 Å². The Hall–Kier alpha value is -1.88. The van der Waals surface area contributed by atoms with Crippen molar-refractivity contribution >= 4 is 6.01 Å². The van der Waals surface area contributed by atoms with Gasteiger partial charge in [0.05, 0.1) is 6.04 Å². The Morgan fingerprint density at radius 3 is 2.76 bits per heavy atom. The Morgan fingerprint density at radius 1 is 1.29 bits per heavy atom. The second kappa shape index (κ2) is 5.45. The van der Waals surface area contributed by atoms with E-state index in [0.717, 1.165) is 0 Å². The van der Waals surface area contributed by atoms with E-state index in [0.29, 0.717) is 24.9 Å². The summed E-state index contributed by atoms with van der Waals surface area (Å²) in [7, 11) is 0. The maximum absolute atomic E-state index is 5.41. The molecule has 0 spiro atoms. The fraction of sp³-hybridized carbons (Fsp3) is 0.333. The van der Waals surface area contributed by atoms with Gasteiger partial charge in [-0.25, -0.2) is 0 Å². The molecule has 0 aliphatic heterocycles. The molecule has 1 aromatic heterocycles. The van der Waals surface area contributed by atoms with Gasteiger partial charge < -0.3 is 15.5 Å². The van der Waals surface area contributed by atoms with Crippen molar-refractivity contribution in [3.05, 3.63) is 41.8 Å². The van der Waals surface area contributed by atoms with Crippen molar-refractivity contribution < 1.29 is 4.42 Å². The van der Waals surface area contributed by atoms with E-state index in [-0.39, 0.29) is 6.04 Å². The topological polar surface area (TPSA) is 77.0 Å². The number of nitrogens with one attached hydrogen (secondary N) is 1. The minimum absolute atomic E-state index is 0.127. The van der Waals surface area contributed by atoms with Crippen molar-refractivity contribution in [2.45, 2.75) is 19.4 Å². The largest absolute Gasteiger partial charge is 0.408 e. The summed E-state index contributed by atoms with van der Waals surface area (Å²) < 4.78 is 5.40. The highest BCUT2D eigenvalue weighted by Gasteiger charge is 2.09. The lowest BCUT2D eigenvalue weighted by molar-refractivity contribution is 0.502. The molecule has 90 valence electrons. The Bertz CT molecular complexity index is 455. The highest BCUT2D eigenvalue weighted by molar-refractivity contribution is 5.28. The molecule has 1 heterocycles. The molecule has 0 bridgehead atoms. The predicted molar refractivity (Wildman–Crippen MR) is 65.5 cm³/mol. The molecule has 3 N–H and O–H groups in total. The van der Waals surface area contributed by atoms with Gasteiger partial charge >= 0.3 is 6.01 Å². The van der Waals surface area contributed by atoms with Crippen molar-refractivity contribution in [2.24, 2.45) is 5.73 Å². The van der Waals surface area contributed by atoms with Gasteiger partial charge in [0, 0.05) is 13.0 Å². The molecule has 1 atom stereocenters. The zero-order valence-electron chi connectivity index (χ0n) is 9.76. The summed E-state index contributed by atoms with van der Waals surface area (Å²) in [5.41, 5.74) is 6.59. The number of hydrogen-bond acceptors (Lipinski definition) is 5. The highest BCUT2D eigenvalue weighted by atomic mass is 16.4. The first-order chi connectivity index (χ1) is 8.29. The lowest BCUT2D eigenvalue weighted by Gasteiger charge is -2.11. The van der Waals surface area contributed by atoms with Crippen molar-refractivity contribution in [3.8, 4) is 0 Å². The van der Waals surface area contributed by atoms with Crippen LogP contribution in [0, 0.1) is 0 Å².